The van der Waals surface area contributed by atoms with Crippen molar-refractivity contribution in [3.8, 4) is 5.75 Å². The molecule has 0 atom stereocenters. The van der Waals surface area contributed by atoms with Gasteiger partial charge in [0.25, 0.3) is 0 Å². The van der Waals surface area contributed by atoms with Crippen molar-refractivity contribution in [2.24, 2.45) is 5.92 Å². The lowest BCUT2D eigenvalue weighted by Crippen LogP contribution is -2.25. The molecular weight excluding hydrogens is 423 g/mol. The third kappa shape index (κ3) is 6.63. The zero-order chi connectivity index (χ0) is 23.2. The van der Waals surface area contributed by atoms with E-state index in [0.717, 1.165) is 24.3 Å². The first kappa shape index (κ1) is 23.5. The van der Waals surface area contributed by atoms with Gasteiger partial charge in [0.1, 0.15) is 12.4 Å². The Morgan fingerprint density at radius 1 is 1.03 bits per heavy atom. The zero-order valence-electron chi connectivity index (χ0n) is 16.1. The van der Waals surface area contributed by atoms with Crippen LogP contribution in [0.3, 0.4) is 0 Å². The summed E-state index contributed by atoms with van der Waals surface area (Å²) in [5, 5.41) is 20.3. The van der Waals surface area contributed by atoms with Gasteiger partial charge >= 0.3 is 24.2 Å². The Hall–Kier alpha value is -3.76. The van der Waals surface area contributed by atoms with E-state index in [4.69, 9.17) is 19.7 Å². The van der Waals surface area contributed by atoms with E-state index in [1.807, 2.05) is 0 Å². The molecule has 0 aromatic heterocycles. The lowest BCUT2D eigenvalue weighted by molar-refractivity contribution is -0.154. The topological polar surface area (TPSA) is 122 Å². The van der Waals surface area contributed by atoms with E-state index < -0.39 is 35.7 Å². The van der Waals surface area contributed by atoms with Gasteiger partial charge in [-0.1, -0.05) is 6.07 Å². The number of hydrogen-bond donors (Lipinski definition) is 3. The number of benzene rings is 2. The number of aliphatic carboxylic acids is 2. The van der Waals surface area contributed by atoms with E-state index >= 15 is 0 Å². The van der Waals surface area contributed by atoms with Crippen LogP contribution in [0.5, 0.6) is 5.75 Å². The molecule has 0 unspecified atom stereocenters. The summed E-state index contributed by atoms with van der Waals surface area (Å²) in [7, 11) is 1.36. The third-order valence-corrected chi connectivity index (χ3v) is 4.20. The number of carbonyl (C=O) groups excluding carboxylic acids is 1. The number of amides is 1. The Labute approximate surface area is 174 Å². The number of methoxy groups -OCH3 is 1. The van der Waals surface area contributed by atoms with Crippen LogP contribution >= 0.6 is 0 Å². The fraction of sp³-hybridized carbons (Fsp3) is 0.250. The predicted molar refractivity (Wildman–Crippen MR) is 101 cm³/mol. The summed E-state index contributed by atoms with van der Waals surface area (Å²) in [4.78, 5) is 34.1. The lowest BCUT2D eigenvalue weighted by atomic mass is 9.98. The van der Waals surface area contributed by atoms with Crippen LogP contribution in [0.1, 0.15) is 16.7 Å². The molecule has 0 radical (unpaired) electrons. The summed E-state index contributed by atoms with van der Waals surface area (Å²) in [6.45, 7) is -0.311. The van der Waals surface area contributed by atoms with Gasteiger partial charge in [-0.25, -0.2) is 4.79 Å². The molecule has 3 N–H and O–H groups in total. The Kier molecular flexibility index (Phi) is 7.46. The molecule has 166 valence electrons. The second-order valence-electron chi connectivity index (χ2n) is 6.36. The normalized spacial score (nSPS) is 11.1. The molecule has 0 saturated heterocycles. The average molecular weight is 441 g/mol. The number of hydrogen-bond acceptors (Lipinski definition) is 5. The Balaban J connectivity index is 2.05. The highest BCUT2D eigenvalue weighted by molar-refractivity contribution is 5.93. The van der Waals surface area contributed by atoms with Gasteiger partial charge in [-0.2, -0.15) is 13.2 Å². The van der Waals surface area contributed by atoms with E-state index in [1.165, 1.54) is 25.3 Å². The zero-order valence-corrected chi connectivity index (χ0v) is 16.1. The van der Waals surface area contributed by atoms with E-state index in [0.29, 0.717) is 16.9 Å². The maximum absolute atomic E-state index is 12.6. The molecule has 0 spiro atoms. The summed E-state index contributed by atoms with van der Waals surface area (Å²) >= 11 is 0. The minimum Gasteiger partial charge on any atom is -0.496 e. The van der Waals surface area contributed by atoms with Gasteiger partial charge in [-0.05, 0) is 48.4 Å². The van der Waals surface area contributed by atoms with E-state index in [1.54, 1.807) is 0 Å². The standard InChI is InChI=1S/C20H18F3NO7/c1-30-16-7-2-11(9-15(17(25)26)18(27)28)8-12(16)10-31-19(29)24-14-5-3-13(4-6-14)20(21,22)23/h2-8,15H,9-10H2,1H3,(H,24,29)(H,25,26)(H,27,28). The number of anilines is 1. The van der Waals surface area contributed by atoms with Gasteiger partial charge < -0.3 is 19.7 Å². The number of carbonyl (C=O) groups is 3. The molecule has 0 fully saturated rings. The maximum Gasteiger partial charge on any atom is 0.416 e. The minimum absolute atomic E-state index is 0.0875. The number of ether oxygens (including phenoxy) is 2. The van der Waals surface area contributed by atoms with Gasteiger partial charge in [0, 0.05) is 11.3 Å². The van der Waals surface area contributed by atoms with Crippen molar-refractivity contribution in [3.63, 3.8) is 0 Å². The number of alkyl halides is 3. The van der Waals surface area contributed by atoms with Crippen LogP contribution in [0.15, 0.2) is 42.5 Å². The summed E-state index contributed by atoms with van der Waals surface area (Å²) in [6, 6.07) is 8.18. The van der Waals surface area contributed by atoms with Crippen molar-refractivity contribution in [3.05, 3.63) is 59.2 Å². The van der Waals surface area contributed by atoms with Crippen molar-refractivity contribution >= 4 is 23.7 Å². The van der Waals surface area contributed by atoms with Crippen molar-refractivity contribution in [1.29, 1.82) is 0 Å². The Morgan fingerprint density at radius 2 is 1.65 bits per heavy atom. The molecule has 0 heterocycles. The highest BCUT2D eigenvalue weighted by atomic mass is 19.4. The van der Waals surface area contributed by atoms with E-state index in [-0.39, 0.29) is 18.7 Å². The van der Waals surface area contributed by atoms with Gasteiger partial charge in [-0.3, -0.25) is 14.9 Å². The molecule has 2 aromatic carbocycles. The van der Waals surface area contributed by atoms with Crippen molar-refractivity contribution in [1.82, 2.24) is 0 Å². The highest BCUT2D eigenvalue weighted by Crippen LogP contribution is 2.30. The van der Waals surface area contributed by atoms with Gasteiger partial charge in [0.2, 0.25) is 0 Å². The van der Waals surface area contributed by atoms with Crippen molar-refractivity contribution in [2.75, 3.05) is 12.4 Å². The molecule has 0 saturated carbocycles. The second kappa shape index (κ2) is 9.83. The average Bonchev–Trinajstić information content (AvgIpc) is 2.69. The molecule has 8 nitrogen and oxygen atoms in total. The first-order chi connectivity index (χ1) is 14.5. The molecule has 0 aliphatic heterocycles. The number of halogens is 3. The molecule has 0 bridgehead atoms. The predicted octanol–water partition coefficient (Wildman–Crippen LogP) is 3.79. The third-order valence-electron chi connectivity index (χ3n) is 4.20. The Morgan fingerprint density at radius 3 is 2.16 bits per heavy atom. The molecule has 11 heteroatoms. The smallest absolute Gasteiger partial charge is 0.416 e. The van der Waals surface area contributed by atoms with Gasteiger partial charge in [-0.15, -0.1) is 0 Å². The monoisotopic (exact) mass is 441 g/mol. The first-order valence-electron chi connectivity index (χ1n) is 8.73. The van der Waals surface area contributed by atoms with Crippen LogP contribution in [0.4, 0.5) is 23.7 Å². The highest BCUT2D eigenvalue weighted by Gasteiger charge is 2.30. The number of carboxylic acid groups (broad SMARTS) is 2. The fourth-order valence-corrected chi connectivity index (χ4v) is 2.63. The molecule has 0 aliphatic carbocycles. The maximum atomic E-state index is 12.6. The molecule has 1 amide bonds. The number of nitrogens with one attached hydrogen (secondary N) is 1. The first-order valence-corrected chi connectivity index (χ1v) is 8.73. The van der Waals surface area contributed by atoms with Crippen molar-refractivity contribution < 1.29 is 47.2 Å². The minimum atomic E-state index is -4.50. The van der Waals surface area contributed by atoms with Gasteiger partial charge in [0.05, 0.1) is 12.7 Å². The number of rotatable bonds is 8. The molecular formula is C20H18F3NO7. The SMILES string of the molecule is COc1ccc(CC(C(=O)O)C(=O)O)cc1COC(=O)Nc1ccc(C(F)(F)F)cc1. The molecule has 2 rings (SSSR count). The van der Waals surface area contributed by atoms with Crippen LogP contribution in [0, 0.1) is 5.92 Å². The van der Waals surface area contributed by atoms with Gasteiger partial charge in [0.15, 0.2) is 5.92 Å². The summed E-state index contributed by atoms with van der Waals surface area (Å²) in [5.74, 6) is -4.31. The molecule has 31 heavy (non-hydrogen) atoms. The summed E-state index contributed by atoms with van der Waals surface area (Å²) < 4.78 is 47.9. The van der Waals surface area contributed by atoms with Crippen LogP contribution < -0.4 is 10.1 Å². The van der Waals surface area contributed by atoms with Crippen LogP contribution in [-0.4, -0.2) is 35.4 Å². The fourth-order valence-electron chi connectivity index (χ4n) is 2.63. The largest absolute Gasteiger partial charge is 0.496 e. The van der Waals surface area contributed by atoms with Crippen LogP contribution in [-0.2, 0) is 33.5 Å². The molecule has 2 aromatic rings. The van der Waals surface area contributed by atoms with Crippen LogP contribution in [0.2, 0.25) is 0 Å². The summed E-state index contributed by atoms with van der Waals surface area (Å²) in [5.41, 5.74) is -0.0621. The van der Waals surface area contributed by atoms with E-state index in [2.05, 4.69) is 5.32 Å². The van der Waals surface area contributed by atoms with Crippen LogP contribution in [0.25, 0.3) is 0 Å². The Bertz CT molecular complexity index is 944. The summed E-state index contributed by atoms with van der Waals surface area (Å²) in [6.07, 6.45) is -5.73. The van der Waals surface area contributed by atoms with Crippen molar-refractivity contribution in [2.45, 2.75) is 19.2 Å². The molecule has 0 aliphatic rings. The van der Waals surface area contributed by atoms with E-state index in [9.17, 15) is 27.6 Å². The second-order valence-corrected chi connectivity index (χ2v) is 6.36. The quantitative estimate of drug-likeness (QED) is 0.533. The number of carboxylic acids is 2. The lowest BCUT2D eigenvalue weighted by Gasteiger charge is -2.13.